The zero-order valence-corrected chi connectivity index (χ0v) is 19.5. The van der Waals surface area contributed by atoms with Gasteiger partial charge in [0.05, 0.1) is 4.90 Å². The first kappa shape index (κ1) is 24.2. The monoisotopic (exact) mass is 464 g/mol. The average molecular weight is 465 g/mol. The molecule has 2 fully saturated rings. The van der Waals surface area contributed by atoms with Gasteiger partial charge in [-0.3, -0.25) is 14.5 Å². The highest BCUT2D eigenvalue weighted by molar-refractivity contribution is 7.89. The maximum atomic E-state index is 12.9. The lowest BCUT2D eigenvalue weighted by Crippen LogP contribution is -2.47. The van der Waals surface area contributed by atoms with Crippen LogP contribution >= 0.6 is 0 Å². The van der Waals surface area contributed by atoms with Gasteiger partial charge in [0.2, 0.25) is 15.9 Å². The molecular formula is C22H32N4O5S. The molecule has 2 N–H and O–H groups in total. The Morgan fingerprint density at radius 3 is 2.19 bits per heavy atom. The molecule has 0 spiro atoms. The molecule has 0 unspecified atom stereocenters. The van der Waals surface area contributed by atoms with Crippen LogP contribution in [-0.4, -0.2) is 60.6 Å². The molecule has 3 rings (SSSR count). The van der Waals surface area contributed by atoms with E-state index in [1.165, 1.54) is 28.6 Å². The van der Waals surface area contributed by atoms with Gasteiger partial charge in [0.1, 0.15) is 12.1 Å². The summed E-state index contributed by atoms with van der Waals surface area (Å²) < 4.78 is 27.0. The topological polar surface area (TPSA) is 116 Å². The summed E-state index contributed by atoms with van der Waals surface area (Å²) in [6.07, 6.45) is 5.26. The Labute approximate surface area is 189 Å². The van der Waals surface area contributed by atoms with Crippen LogP contribution < -0.4 is 10.6 Å². The summed E-state index contributed by atoms with van der Waals surface area (Å²) in [7, 11) is -3.55. The van der Waals surface area contributed by atoms with Crippen molar-refractivity contribution in [2.24, 2.45) is 0 Å². The number of nitrogens with one attached hydrogen (secondary N) is 2. The van der Waals surface area contributed by atoms with Crippen molar-refractivity contribution < 1.29 is 22.8 Å². The van der Waals surface area contributed by atoms with Crippen molar-refractivity contribution in [3.63, 3.8) is 0 Å². The first-order chi connectivity index (χ1) is 15.2. The zero-order chi connectivity index (χ0) is 23.4. The van der Waals surface area contributed by atoms with E-state index in [0.717, 1.165) is 37.0 Å². The molecule has 0 radical (unpaired) electrons. The van der Waals surface area contributed by atoms with Gasteiger partial charge in [-0.2, -0.15) is 4.31 Å². The fourth-order valence-electron chi connectivity index (χ4n) is 4.45. The predicted octanol–water partition coefficient (Wildman–Crippen LogP) is 2.69. The molecule has 0 saturated carbocycles. The summed E-state index contributed by atoms with van der Waals surface area (Å²) in [5.74, 6) is -0.895. The van der Waals surface area contributed by atoms with E-state index in [9.17, 15) is 22.8 Å². The molecule has 0 bridgehead atoms. The minimum absolute atomic E-state index is 0.176. The first-order valence-electron chi connectivity index (χ1n) is 11.3. The minimum Gasteiger partial charge on any atom is -0.325 e. The van der Waals surface area contributed by atoms with E-state index in [1.54, 1.807) is 0 Å². The molecule has 2 heterocycles. The minimum atomic E-state index is -3.55. The smallest absolute Gasteiger partial charge is 0.325 e. The second kappa shape index (κ2) is 9.99. The summed E-state index contributed by atoms with van der Waals surface area (Å²) in [6, 6.07) is 5.38. The Morgan fingerprint density at radius 2 is 1.62 bits per heavy atom. The molecule has 4 amide bonds. The van der Waals surface area contributed by atoms with Gasteiger partial charge < -0.3 is 10.6 Å². The Balaban J connectivity index is 1.64. The van der Waals surface area contributed by atoms with Gasteiger partial charge in [-0.05, 0) is 49.9 Å². The van der Waals surface area contributed by atoms with Gasteiger partial charge in [0.25, 0.3) is 5.91 Å². The van der Waals surface area contributed by atoms with Crippen molar-refractivity contribution >= 4 is 33.6 Å². The third-order valence-electron chi connectivity index (χ3n) is 5.99. The number of benzene rings is 1. The molecule has 1 aromatic rings. The van der Waals surface area contributed by atoms with Crippen LogP contribution in [-0.2, 0) is 19.6 Å². The third kappa shape index (κ3) is 4.96. The Kier molecular flexibility index (Phi) is 7.55. The largest absolute Gasteiger partial charge is 0.325 e. The predicted molar refractivity (Wildman–Crippen MR) is 120 cm³/mol. The van der Waals surface area contributed by atoms with Crippen molar-refractivity contribution in [1.82, 2.24) is 14.5 Å². The summed E-state index contributed by atoms with van der Waals surface area (Å²) >= 11 is 0. The van der Waals surface area contributed by atoms with E-state index in [1.807, 2.05) is 13.8 Å². The number of sulfonamides is 1. The Hall–Kier alpha value is -2.46. The SMILES string of the molecule is CCCC1(CCC)NC(=O)N(CC(=O)Nc2ccc(S(=O)(=O)N3CCCCC3)cc2)C1=O. The van der Waals surface area contributed by atoms with Gasteiger partial charge in [-0.15, -0.1) is 0 Å². The van der Waals surface area contributed by atoms with Crippen molar-refractivity contribution in [3.8, 4) is 0 Å². The number of hydrogen-bond donors (Lipinski definition) is 2. The van der Waals surface area contributed by atoms with E-state index < -0.39 is 34.0 Å². The third-order valence-corrected chi connectivity index (χ3v) is 7.90. The van der Waals surface area contributed by atoms with E-state index in [2.05, 4.69) is 10.6 Å². The highest BCUT2D eigenvalue weighted by atomic mass is 32.2. The molecule has 10 heteroatoms. The normalized spacial score (nSPS) is 19.1. The molecular weight excluding hydrogens is 432 g/mol. The molecule has 176 valence electrons. The van der Waals surface area contributed by atoms with E-state index in [4.69, 9.17) is 0 Å². The van der Waals surface area contributed by atoms with E-state index in [-0.39, 0.29) is 10.8 Å². The van der Waals surface area contributed by atoms with Crippen LogP contribution in [0.4, 0.5) is 10.5 Å². The fraction of sp³-hybridized carbons (Fsp3) is 0.591. The quantitative estimate of drug-likeness (QED) is 0.545. The molecule has 2 aliphatic rings. The Morgan fingerprint density at radius 1 is 1.03 bits per heavy atom. The van der Waals surface area contributed by atoms with Crippen molar-refractivity contribution in [2.45, 2.75) is 69.2 Å². The van der Waals surface area contributed by atoms with Crippen LogP contribution in [0.2, 0.25) is 0 Å². The second-order valence-corrected chi connectivity index (χ2v) is 10.4. The van der Waals surface area contributed by atoms with Crippen LogP contribution in [0.5, 0.6) is 0 Å². The number of urea groups is 1. The standard InChI is InChI=1S/C22H32N4O5S/c1-3-12-22(13-4-2)20(28)26(21(29)24-22)16-19(27)23-17-8-10-18(11-9-17)32(30,31)25-14-6-5-7-15-25/h8-11H,3-7,12-16H2,1-2H3,(H,23,27)(H,24,29). The molecule has 2 saturated heterocycles. The van der Waals surface area contributed by atoms with Gasteiger partial charge in [-0.1, -0.05) is 33.1 Å². The number of carbonyl (C=O) groups is 3. The summed E-state index contributed by atoms with van der Waals surface area (Å²) in [5, 5.41) is 5.42. The number of hydrogen-bond acceptors (Lipinski definition) is 5. The van der Waals surface area contributed by atoms with Gasteiger partial charge in [0, 0.05) is 18.8 Å². The van der Waals surface area contributed by atoms with Gasteiger partial charge >= 0.3 is 6.03 Å². The molecule has 1 aromatic carbocycles. The lowest BCUT2D eigenvalue weighted by atomic mass is 9.88. The average Bonchev–Trinajstić information content (AvgIpc) is 2.99. The first-order valence-corrected chi connectivity index (χ1v) is 12.7. The Bertz CT molecular complexity index is 949. The molecule has 9 nitrogen and oxygen atoms in total. The number of imide groups is 1. The summed E-state index contributed by atoms with van der Waals surface area (Å²) in [5.41, 5.74) is -0.543. The van der Waals surface area contributed by atoms with Crippen LogP contribution in [0.15, 0.2) is 29.2 Å². The van der Waals surface area contributed by atoms with Gasteiger partial charge in [-0.25, -0.2) is 13.2 Å². The molecule has 2 aliphatic heterocycles. The molecule has 0 atom stereocenters. The maximum Gasteiger partial charge on any atom is 0.325 e. The van der Waals surface area contributed by atoms with Crippen molar-refractivity contribution in [1.29, 1.82) is 0 Å². The van der Waals surface area contributed by atoms with E-state index >= 15 is 0 Å². The van der Waals surface area contributed by atoms with Crippen LogP contribution in [0.3, 0.4) is 0 Å². The number of rotatable bonds is 9. The number of carbonyl (C=O) groups excluding carboxylic acids is 3. The number of anilines is 1. The number of amides is 4. The molecule has 0 aromatic heterocycles. The van der Waals surface area contributed by atoms with Crippen LogP contribution in [0, 0.1) is 0 Å². The summed E-state index contributed by atoms with van der Waals surface area (Å²) in [4.78, 5) is 38.9. The van der Waals surface area contributed by atoms with Crippen LogP contribution in [0.1, 0.15) is 58.8 Å². The van der Waals surface area contributed by atoms with Crippen molar-refractivity contribution in [3.05, 3.63) is 24.3 Å². The highest BCUT2D eigenvalue weighted by Gasteiger charge is 2.50. The number of nitrogens with zero attached hydrogens (tertiary/aromatic N) is 2. The lowest BCUT2D eigenvalue weighted by molar-refractivity contribution is -0.134. The zero-order valence-electron chi connectivity index (χ0n) is 18.7. The van der Waals surface area contributed by atoms with Gasteiger partial charge in [0.15, 0.2) is 0 Å². The lowest BCUT2D eigenvalue weighted by Gasteiger charge is -2.26. The second-order valence-electron chi connectivity index (χ2n) is 8.44. The maximum absolute atomic E-state index is 12.9. The fourth-order valence-corrected chi connectivity index (χ4v) is 5.96. The van der Waals surface area contributed by atoms with Crippen LogP contribution in [0.25, 0.3) is 0 Å². The van der Waals surface area contributed by atoms with E-state index in [0.29, 0.717) is 31.6 Å². The number of piperidine rings is 1. The van der Waals surface area contributed by atoms with Crippen molar-refractivity contribution in [2.75, 3.05) is 25.0 Å². The molecule has 0 aliphatic carbocycles. The summed E-state index contributed by atoms with van der Waals surface area (Å²) in [6.45, 7) is 4.53. The highest BCUT2D eigenvalue weighted by Crippen LogP contribution is 2.28. The molecule has 32 heavy (non-hydrogen) atoms.